The van der Waals surface area contributed by atoms with E-state index in [0.717, 1.165) is 6.04 Å². The molecule has 0 saturated carbocycles. The van der Waals surface area contributed by atoms with Crippen LogP contribution < -0.4 is 0 Å². The smallest absolute Gasteiger partial charge is 0.0402 e. The van der Waals surface area contributed by atoms with Crippen LogP contribution in [0.4, 0.5) is 0 Å². The molecule has 0 bridgehead atoms. The SMILES string of the molecule is CCN1CCCC[C@@H]1C.CCO. The molecule has 1 aliphatic rings. The van der Waals surface area contributed by atoms with E-state index in [2.05, 4.69) is 18.7 Å². The van der Waals surface area contributed by atoms with Crippen LogP contribution in [0.2, 0.25) is 0 Å². The summed E-state index contributed by atoms with van der Waals surface area (Å²) in [5, 5.41) is 7.57. The van der Waals surface area contributed by atoms with E-state index >= 15 is 0 Å². The highest BCUT2D eigenvalue weighted by Crippen LogP contribution is 2.14. The average molecular weight is 173 g/mol. The summed E-state index contributed by atoms with van der Waals surface area (Å²) in [6, 6.07) is 0.851. The molecule has 0 amide bonds. The number of nitrogens with zero attached hydrogens (tertiary/aromatic N) is 1. The van der Waals surface area contributed by atoms with Crippen LogP contribution in [0.5, 0.6) is 0 Å². The van der Waals surface area contributed by atoms with Gasteiger partial charge in [-0.3, -0.25) is 0 Å². The molecule has 0 aromatic carbocycles. The van der Waals surface area contributed by atoms with Crippen LogP contribution in [-0.2, 0) is 0 Å². The highest BCUT2D eigenvalue weighted by molar-refractivity contribution is 4.70. The maximum Gasteiger partial charge on any atom is 0.0402 e. The lowest BCUT2D eigenvalue weighted by Gasteiger charge is -2.31. The molecule has 1 fully saturated rings. The zero-order chi connectivity index (χ0) is 9.40. The van der Waals surface area contributed by atoms with E-state index in [4.69, 9.17) is 5.11 Å². The Bertz CT molecular complexity index is 95.8. The average Bonchev–Trinajstić information content (AvgIpc) is 2.07. The van der Waals surface area contributed by atoms with Crippen molar-refractivity contribution in [2.24, 2.45) is 0 Å². The van der Waals surface area contributed by atoms with Crippen LogP contribution in [-0.4, -0.2) is 35.7 Å². The summed E-state index contributed by atoms with van der Waals surface area (Å²) in [5.74, 6) is 0. The van der Waals surface area contributed by atoms with E-state index in [1.165, 1.54) is 32.4 Å². The first kappa shape index (κ1) is 11.9. The van der Waals surface area contributed by atoms with Gasteiger partial charge in [0.15, 0.2) is 0 Å². The van der Waals surface area contributed by atoms with E-state index in [1.807, 2.05) is 0 Å². The number of hydrogen-bond acceptors (Lipinski definition) is 2. The van der Waals surface area contributed by atoms with Crippen molar-refractivity contribution in [1.82, 2.24) is 4.90 Å². The summed E-state index contributed by atoms with van der Waals surface area (Å²) in [5.41, 5.74) is 0. The molecule has 0 unspecified atom stereocenters. The van der Waals surface area contributed by atoms with Crippen molar-refractivity contribution >= 4 is 0 Å². The third kappa shape index (κ3) is 4.73. The Kier molecular flexibility index (Phi) is 7.51. The molecule has 1 saturated heterocycles. The van der Waals surface area contributed by atoms with Crippen molar-refractivity contribution in [3.05, 3.63) is 0 Å². The molecule has 1 N–H and O–H groups in total. The Hall–Kier alpha value is -0.0800. The first-order chi connectivity index (χ1) is 5.76. The van der Waals surface area contributed by atoms with Crippen LogP contribution in [0, 0.1) is 0 Å². The van der Waals surface area contributed by atoms with Crippen LogP contribution in [0.25, 0.3) is 0 Å². The summed E-state index contributed by atoms with van der Waals surface area (Å²) in [6.45, 7) is 9.09. The predicted molar refractivity (Wildman–Crippen MR) is 53.3 cm³/mol. The molecule has 1 aliphatic heterocycles. The van der Waals surface area contributed by atoms with Gasteiger partial charge in [-0.15, -0.1) is 0 Å². The van der Waals surface area contributed by atoms with Gasteiger partial charge in [-0.2, -0.15) is 0 Å². The molecule has 0 aromatic rings. The molecule has 74 valence electrons. The molecular formula is C10H23NO. The predicted octanol–water partition coefficient (Wildman–Crippen LogP) is 1.88. The van der Waals surface area contributed by atoms with Gasteiger partial charge in [-0.05, 0) is 39.8 Å². The summed E-state index contributed by atoms with van der Waals surface area (Å²) >= 11 is 0. The van der Waals surface area contributed by atoms with E-state index < -0.39 is 0 Å². The van der Waals surface area contributed by atoms with Gasteiger partial charge >= 0.3 is 0 Å². The zero-order valence-corrected chi connectivity index (χ0v) is 8.71. The van der Waals surface area contributed by atoms with Gasteiger partial charge in [0.05, 0.1) is 0 Å². The Morgan fingerprint density at radius 3 is 2.25 bits per heavy atom. The van der Waals surface area contributed by atoms with Crippen LogP contribution in [0.15, 0.2) is 0 Å². The summed E-state index contributed by atoms with van der Waals surface area (Å²) in [4.78, 5) is 2.56. The second-order valence-corrected chi connectivity index (χ2v) is 3.29. The van der Waals surface area contributed by atoms with Crippen LogP contribution in [0.3, 0.4) is 0 Å². The van der Waals surface area contributed by atoms with Gasteiger partial charge in [0.2, 0.25) is 0 Å². The monoisotopic (exact) mass is 173 g/mol. The molecular weight excluding hydrogens is 150 g/mol. The minimum atomic E-state index is 0.250. The van der Waals surface area contributed by atoms with Gasteiger partial charge in [-0.1, -0.05) is 13.3 Å². The fourth-order valence-corrected chi connectivity index (χ4v) is 1.63. The maximum absolute atomic E-state index is 7.57. The molecule has 1 atom stereocenters. The van der Waals surface area contributed by atoms with Crippen molar-refractivity contribution in [2.45, 2.75) is 46.1 Å². The number of rotatable bonds is 1. The highest BCUT2D eigenvalue weighted by Gasteiger charge is 2.14. The Morgan fingerprint density at radius 1 is 1.33 bits per heavy atom. The van der Waals surface area contributed by atoms with E-state index in [0.29, 0.717) is 0 Å². The van der Waals surface area contributed by atoms with E-state index in [9.17, 15) is 0 Å². The third-order valence-corrected chi connectivity index (χ3v) is 2.35. The van der Waals surface area contributed by atoms with Gasteiger partial charge in [0.1, 0.15) is 0 Å². The van der Waals surface area contributed by atoms with Crippen LogP contribution in [0.1, 0.15) is 40.0 Å². The fourth-order valence-electron chi connectivity index (χ4n) is 1.63. The number of likely N-dealkylation sites (tertiary alicyclic amines) is 1. The summed E-state index contributed by atoms with van der Waals surface area (Å²) in [7, 11) is 0. The Balaban J connectivity index is 0.000000354. The van der Waals surface area contributed by atoms with Crippen molar-refractivity contribution < 1.29 is 5.11 Å². The van der Waals surface area contributed by atoms with E-state index in [-0.39, 0.29) is 6.61 Å². The quantitative estimate of drug-likeness (QED) is 0.654. The number of piperidine rings is 1. The lowest BCUT2D eigenvalue weighted by molar-refractivity contribution is 0.169. The zero-order valence-electron chi connectivity index (χ0n) is 8.71. The largest absolute Gasteiger partial charge is 0.397 e. The lowest BCUT2D eigenvalue weighted by Crippen LogP contribution is -2.36. The number of aliphatic hydroxyl groups excluding tert-OH is 1. The topological polar surface area (TPSA) is 23.5 Å². The van der Waals surface area contributed by atoms with Crippen molar-refractivity contribution in [3.63, 3.8) is 0 Å². The fraction of sp³-hybridized carbons (Fsp3) is 1.00. The maximum atomic E-state index is 7.57. The van der Waals surface area contributed by atoms with Crippen molar-refractivity contribution in [3.8, 4) is 0 Å². The molecule has 0 aliphatic carbocycles. The van der Waals surface area contributed by atoms with Crippen LogP contribution >= 0.6 is 0 Å². The Morgan fingerprint density at radius 2 is 1.92 bits per heavy atom. The number of aliphatic hydroxyl groups is 1. The molecule has 2 heteroatoms. The highest BCUT2D eigenvalue weighted by atomic mass is 16.2. The molecule has 2 nitrogen and oxygen atoms in total. The van der Waals surface area contributed by atoms with Gasteiger partial charge < -0.3 is 10.0 Å². The minimum Gasteiger partial charge on any atom is -0.397 e. The lowest BCUT2D eigenvalue weighted by atomic mass is 10.0. The van der Waals surface area contributed by atoms with Gasteiger partial charge in [0, 0.05) is 12.6 Å². The number of hydrogen-bond donors (Lipinski definition) is 1. The first-order valence-electron chi connectivity index (χ1n) is 5.11. The van der Waals surface area contributed by atoms with Crippen molar-refractivity contribution in [1.29, 1.82) is 0 Å². The minimum absolute atomic E-state index is 0.250. The Labute approximate surface area is 76.6 Å². The van der Waals surface area contributed by atoms with Gasteiger partial charge in [0.25, 0.3) is 0 Å². The standard InChI is InChI=1S/C8H17N.C2H6O/c1-3-9-7-5-4-6-8(9)2;1-2-3/h8H,3-7H2,1-2H3;3H,2H2,1H3/t8-;/m0./s1. The summed E-state index contributed by atoms with van der Waals surface area (Å²) < 4.78 is 0. The third-order valence-electron chi connectivity index (χ3n) is 2.35. The second kappa shape index (κ2) is 7.56. The summed E-state index contributed by atoms with van der Waals surface area (Å²) in [6.07, 6.45) is 4.27. The molecule has 0 spiro atoms. The normalized spacial score (nSPS) is 24.5. The van der Waals surface area contributed by atoms with Crippen molar-refractivity contribution in [2.75, 3.05) is 19.7 Å². The molecule has 0 aromatic heterocycles. The molecule has 1 rings (SSSR count). The second-order valence-electron chi connectivity index (χ2n) is 3.29. The molecule has 0 radical (unpaired) electrons. The first-order valence-corrected chi connectivity index (χ1v) is 5.11. The van der Waals surface area contributed by atoms with E-state index in [1.54, 1.807) is 6.92 Å². The van der Waals surface area contributed by atoms with Gasteiger partial charge in [-0.25, -0.2) is 0 Å². The molecule has 1 heterocycles. The molecule has 12 heavy (non-hydrogen) atoms.